The first kappa shape index (κ1) is 20.0. The van der Waals surface area contributed by atoms with Crippen molar-refractivity contribution >= 4 is 0 Å². The minimum atomic E-state index is -0.133. The van der Waals surface area contributed by atoms with Gasteiger partial charge in [0.25, 0.3) is 0 Å². The van der Waals surface area contributed by atoms with Gasteiger partial charge in [0.15, 0.2) is 0 Å². The van der Waals surface area contributed by atoms with Gasteiger partial charge in [-0.25, -0.2) is 0 Å². The Kier molecular flexibility index (Phi) is 6.58. The molecule has 1 saturated carbocycles. The third-order valence-electron chi connectivity index (χ3n) is 6.63. The zero-order valence-corrected chi connectivity index (χ0v) is 16.7. The Morgan fingerprint density at radius 3 is 2.33 bits per heavy atom. The highest BCUT2D eigenvalue weighted by molar-refractivity contribution is 5.03. The van der Waals surface area contributed by atoms with Crippen LogP contribution in [0.4, 0.5) is 0 Å². The lowest BCUT2D eigenvalue weighted by molar-refractivity contribution is -0.0125. The highest BCUT2D eigenvalue weighted by Crippen LogP contribution is 2.47. The van der Waals surface area contributed by atoms with Gasteiger partial charge in [-0.15, -0.1) is 6.58 Å². The van der Waals surface area contributed by atoms with E-state index >= 15 is 0 Å². The van der Waals surface area contributed by atoms with Crippen LogP contribution in [0.3, 0.4) is 0 Å². The molecule has 2 aliphatic rings. The molecule has 1 heterocycles. The smallest absolute Gasteiger partial charge is 0.0676 e. The molecule has 0 aromatic carbocycles. The molecule has 24 heavy (non-hydrogen) atoms. The highest BCUT2D eigenvalue weighted by atomic mass is 16.5. The predicted octanol–water partition coefficient (Wildman–Crippen LogP) is 5.60. The zero-order valence-electron chi connectivity index (χ0n) is 16.7. The Hall–Kier alpha value is -0.340. The lowest BCUT2D eigenvalue weighted by atomic mass is 9.67. The minimum Gasteiger partial charge on any atom is -0.393 e. The van der Waals surface area contributed by atoms with Crippen molar-refractivity contribution in [3.8, 4) is 0 Å². The second kappa shape index (κ2) is 7.91. The molecule has 0 radical (unpaired) electrons. The van der Waals surface area contributed by atoms with Crippen molar-refractivity contribution in [1.82, 2.24) is 0 Å². The maximum absolute atomic E-state index is 10.7. The van der Waals surface area contributed by atoms with Crippen molar-refractivity contribution in [3.05, 3.63) is 12.7 Å². The predicted molar refractivity (Wildman–Crippen MR) is 102 cm³/mol. The van der Waals surface area contributed by atoms with Gasteiger partial charge in [0, 0.05) is 5.92 Å². The Bertz CT molecular complexity index is 401. The molecular formula is C22H40O2. The third kappa shape index (κ3) is 4.64. The molecule has 2 rings (SSSR count). The van der Waals surface area contributed by atoms with Crippen molar-refractivity contribution in [2.24, 2.45) is 28.6 Å². The molecule has 0 amide bonds. The summed E-state index contributed by atoms with van der Waals surface area (Å²) < 4.78 is 6.29. The average molecular weight is 337 g/mol. The SMILES string of the molecule is C=CC1C(C(CCC(O)C2CCCCC2)C(C)(C)C)OCC1(C)C. The van der Waals surface area contributed by atoms with Gasteiger partial charge in [-0.1, -0.05) is 60.0 Å². The van der Waals surface area contributed by atoms with Gasteiger partial charge >= 0.3 is 0 Å². The van der Waals surface area contributed by atoms with Crippen LogP contribution in [-0.2, 0) is 4.74 Å². The quantitative estimate of drug-likeness (QED) is 0.640. The topological polar surface area (TPSA) is 29.5 Å². The number of rotatable bonds is 6. The summed E-state index contributed by atoms with van der Waals surface area (Å²) in [4.78, 5) is 0. The monoisotopic (exact) mass is 336 g/mol. The molecule has 1 N–H and O–H groups in total. The molecule has 140 valence electrons. The first-order chi connectivity index (χ1) is 11.2. The van der Waals surface area contributed by atoms with Crippen LogP contribution in [0, 0.1) is 28.6 Å². The van der Waals surface area contributed by atoms with Gasteiger partial charge in [0.2, 0.25) is 0 Å². The molecule has 0 aromatic heterocycles. The van der Waals surface area contributed by atoms with E-state index < -0.39 is 0 Å². The fraction of sp³-hybridized carbons (Fsp3) is 0.909. The lowest BCUT2D eigenvalue weighted by Gasteiger charge is -2.39. The minimum absolute atomic E-state index is 0.133. The average Bonchev–Trinajstić information content (AvgIpc) is 2.81. The van der Waals surface area contributed by atoms with Gasteiger partial charge in [0.1, 0.15) is 0 Å². The third-order valence-corrected chi connectivity index (χ3v) is 6.63. The van der Waals surface area contributed by atoms with Crippen LogP contribution >= 0.6 is 0 Å². The number of hydrogen-bond donors (Lipinski definition) is 1. The van der Waals surface area contributed by atoms with E-state index in [0.717, 1.165) is 19.4 Å². The van der Waals surface area contributed by atoms with Crippen LogP contribution in [0.2, 0.25) is 0 Å². The maximum atomic E-state index is 10.7. The van der Waals surface area contributed by atoms with E-state index in [1.807, 2.05) is 0 Å². The molecular weight excluding hydrogens is 296 g/mol. The molecule has 0 bridgehead atoms. The van der Waals surface area contributed by atoms with Gasteiger partial charge in [-0.3, -0.25) is 0 Å². The van der Waals surface area contributed by atoms with Gasteiger partial charge in [-0.2, -0.15) is 0 Å². The second-order valence-electron chi connectivity index (χ2n) is 10.0. The van der Waals surface area contributed by atoms with Gasteiger partial charge in [0.05, 0.1) is 18.8 Å². The molecule has 0 spiro atoms. The van der Waals surface area contributed by atoms with Crippen LogP contribution in [0.5, 0.6) is 0 Å². The van der Waals surface area contributed by atoms with Crippen molar-refractivity contribution in [3.63, 3.8) is 0 Å². The number of ether oxygens (including phenoxy) is 1. The van der Waals surface area contributed by atoms with Gasteiger partial charge < -0.3 is 9.84 Å². The van der Waals surface area contributed by atoms with E-state index in [2.05, 4.69) is 47.3 Å². The maximum Gasteiger partial charge on any atom is 0.0676 e. The summed E-state index contributed by atoms with van der Waals surface area (Å²) in [5, 5.41) is 10.7. The molecule has 1 saturated heterocycles. The molecule has 1 aliphatic carbocycles. The van der Waals surface area contributed by atoms with E-state index in [4.69, 9.17) is 4.74 Å². The van der Waals surface area contributed by atoms with Crippen LogP contribution < -0.4 is 0 Å². The van der Waals surface area contributed by atoms with Crippen molar-refractivity contribution in [2.45, 2.75) is 91.8 Å². The summed E-state index contributed by atoms with van der Waals surface area (Å²) in [6.07, 6.45) is 10.5. The van der Waals surface area contributed by atoms with E-state index in [-0.39, 0.29) is 23.0 Å². The molecule has 2 fully saturated rings. The largest absolute Gasteiger partial charge is 0.393 e. The molecule has 1 aliphatic heterocycles. The normalized spacial score (nSPS) is 30.9. The van der Waals surface area contributed by atoms with Gasteiger partial charge in [-0.05, 0) is 48.3 Å². The fourth-order valence-electron chi connectivity index (χ4n) is 4.97. The lowest BCUT2D eigenvalue weighted by Crippen LogP contribution is -2.38. The van der Waals surface area contributed by atoms with E-state index in [1.54, 1.807) is 0 Å². The Morgan fingerprint density at radius 2 is 1.79 bits per heavy atom. The van der Waals surface area contributed by atoms with Crippen molar-refractivity contribution in [2.75, 3.05) is 6.61 Å². The Morgan fingerprint density at radius 1 is 1.17 bits per heavy atom. The standard InChI is InChI=1S/C22H40O2/c1-7-17-20(24-15-22(17,5)6)18(21(2,3)4)13-14-19(23)16-11-9-8-10-12-16/h7,16-20,23H,1,8-15H2,2-6H3. The number of hydrogen-bond acceptors (Lipinski definition) is 2. The Balaban J connectivity index is 2.02. The molecule has 2 heteroatoms. The van der Waals surface area contributed by atoms with Crippen LogP contribution in [-0.4, -0.2) is 23.9 Å². The van der Waals surface area contributed by atoms with Crippen LogP contribution in [0.15, 0.2) is 12.7 Å². The van der Waals surface area contributed by atoms with Crippen molar-refractivity contribution < 1.29 is 9.84 Å². The van der Waals surface area contributed by atoms with E-state index in [9.17, 15) is 5.11 Å². The number of aliphatic hydroxyl groups is 1. The highest BCUT2D eigenvalue weighted by Gasteiger charge is 2.47. The first-order valence-corrected chi connectivity index (χ1v) is 10.1. The molecule has 4 atom stereocenters. The molecule has 4 unspecified atom stereocenters. The first-order valence-electron chi connectivity index (χ1n) is 10.1. The van der Waals surface area contributed by atoms with E-state index in [0.29, 0.717) is 17.8 Å². The molecule has 0 aromatic rings. The summed E-state index contributed by atoms with van der Waals surface area (Å²) in [6.45, 7) is 16.4. The summed E-state index contributed by atoms with van der Waals surface area (Å²) in [5.41, 5.74) is 0.344. The summed E-state index contributed by atoms with van der Waals surface area (Å²) in [7, 11) is 0. The summed E-state index contributed by atoms with van der Waals surface area (Å²) in [6, 6.07) is 0. The van der Waals surface area contributed by atoms with E-state index in [1.165, 1.54) is 32.1 Å². The zero-order chi connectivity index (χ0) is 18.0. The van der Waals surface area contributed by atoms with Crippen LogP contribution in [0.1, 0.15) is 79.6 Å². The summed E-state index contributed by atoms with van der Waals surface area (Å²) in [5.74, 6) is 1.38. The van der Waals surface area contributed by atoms with Crippen molar-refractivity contribution in [1.29, 1.82) is 0 Å². The second-order valence-corrected chi connectivity index (χ2v) is 10.0. The molecule has 2 nitrogen and oxygen atoms in total. The van der Waals surface area contributed by atoms with Crippen LogP contribution in [0.25, 0.3) is 0 Å². The Labute approximate surface area is 150 Å². The number of aliphatic hydroxyl groups excluding tert-OH is 1. The summed E-state index contributed by atoms with van der Waals surface area (Å²) >= 11 is 0. The fourth-order valence-corrected chi connectivity index (χ4v) is 4.97.